The van der Waals surface area contributed by atoms with Crippen molar-refractivity contribution < 1.29 is 19.1 Å². The van der Waals surface area contributed by atoms with E-state index in [9.17, 15) is 9.59 Å². The molecule has 0 saturated heterocycles. The first-order valence-corrected chi connectivity index (χ1v) is 11.0. The molecular formula is C28H28N2O4. The smallest absolute Gasteiger partial charge is 0.282 e. The molecule has 0 fully saturated rings. The second-order valence-electron chi connectivity index (χ2n) is 8.50. The van der Waals surface area contributed by atoms with Crippen molar-refractivity contribution in [3.05, 3.63) is 88.1 Å². The molecule has 0 spiro atoms. The summed E-state index contributed by atoms with van der Waals surface area (Å²) in [5, 5.41) is 3.20. The topological polar surface area (TPSA) is 67.9 Å². The van der Waals surface area contributed by atoms with Crippen molar-refractivity contribution in [3.8, 4) is 11.5 Å². The fourth-order valence-electron chi connectivity index (χ4n) is 4.32. The van der Waals surface area contributed by atoms with Gasteiger partial charge in [-0.25, -0.2) is 4.90 Å². The maximum absolute atomic E-state index is 13.8. The molecule has 0 saturated carbocycles. The number of ether oxygens (including phenoxy) is 2. The Balaban J connectivity index is 1.86. The van der Waals surface area contributed by atoms with E-state index in [0.717, 1.165) is 27.8 Å². The molecule has 0 atom stereocenters. The Hall–Kier alpha value is -4.06. The molecular weight excluding hydrogens is 428 g/mol. The maximum Gasteiger partial charge on any atom is 0.282 e. The third-order valence-corrected chi connectivity index (χ3v) is 5.98. The summed E-state index contributed by atoms with van der Waals surface area (Å²) in [6.45, 7) is 7.83. The van der Waals surface area contributed by atoms with Crippen molar-refractivity contribution in [3.63, 3.8) is 0 Å². The zero-order valence-corrected chi connectivity index (χ0v) is 20.3. The van der Waals surface area contributed by atoms with Gasteiger partial charge in [0.05, 0.1) is 25.5 Å². The molecule has 1 aliphatic heterocycles. The van der Waals surface area contributed by atoms with Gasteiger partial charge in [-0.3, -0.25) is 9.59 Å². The van der Waals surface area contributed by atoms with Crippen LogP contribution in [-0.2, 0) is 9.59 Å². The molecule has 0 unspecified atom stereocenters. The highest BCUT2D eigenvalue weighted by molar-refractivity contribution is 6.46. The van der Waals surface area contributed by atoms with Crippen LogP contribution in [0.1, 0.15) is 27.8 Å². The monoisotopic (exact) mass is 456 g/mol. The second kappa shape index (κ2) is 9.06. The normalized spacial score (nSPS) is 13.5. The number of imide groups is 1. The standard InChI is InChI=1S/C28H28N2O4/c1-16-7-10-21(18(3)13-16)25-26(29-20-9-12-23(33-5)24(15-20)34-6)28(32)30(27(25)31)22-11-8-17(2)14-19(22)4/h7-15,29H,1-6H3. The first-order chi connectivity index (χ1) is 16.2. The maximum atomic E-state index is 13.8. The summed E-state index contributed by atoms with van der Waals surface area (Å²) in [6, 6.07) is 16.8. The van der Waals surface area contributed by atoms with Crippen molar-refractivity contribution in [1.82, 2.24) is 0 Å². The molecule has 0 aromatic heterocycles. The molecule has 3 aromatic carbocycles. The van der Waals surface area contributed by atoms with E-state index in [0.29, 0.717) is 28.4 Å². The lowest BCUT2D eigenvalue weighted by Gasteiger charge is -2.18. The van der Waals surface area contributed by atoms with Gasteiger partial charge in [0, 0.05) is 11.8 Å². The Morgan fingerprint density at radius 1 is 0.706 bits per heavy atom. The second-order valence-corrected chi connectivity index (χ2v) is 8.50. The van der Waals surface area contributed by atoms with Gasteiger partial charge in [0.15, 0.2) is 11.5 Å². The molecule has 1 heterocycles. The predicted octanol–water partition coefficient (Wildman–Crippen LogP) is 5.33. The molecule has 1 aliphatic rings. The first-order valence-electron chi connectivity index (χ1n) is 11.0. The van der Waals surface area contributed by atoms with E-state index >= 15 is 0 Å². The van der Waals surface area contributed by atoms with Gasteiger partial charge in [-0.05, 0) is 62.6 Å². The van der Waals surface area contributed by atoms with Crippen molar-refractivity contribution >= 4 is 28.8 Å². The number of methoxy groups -OCH3 is 2. The Kier molecular flexibility index (Phi) is 6.16. The number of benzene rings is 3. The lowest BCUT2D eigenvalue weighted by Crippen LogP contribution is -2.33. The van der Waals surface area contributed by atoms with E-state index in [1.807, 2.05) is 64.1 Å². The highest BCUT2D eigenvalue weighted by Crippen LogP contribution is 2.38. The van der Waals surface area contributed by atoms with Gasteiger partial charge in [0.25, 0.3) is 11.8 Å². The van der Waals surface area contributed by atoms with E-state index in [-0.39, 0.29) is 11.6 Å². The van der Waals surface area contributed by atoms with Crippen LogP contribution in [0.15, 0.2) is 60.3 Å². The molecule has 0 radical (unpaired) electrons. The Labute approximate surface area is 199 Å². The van der Waals surface area contributed by atoms with E-state index in [1.165, 1.54) is 4.90 Å². The molecule has 174 valence electrons. The highest BCUT2D eigenvalue weighted by Gasteiger charge is 2.41. The van der Waals surface area contributed by atoms with Crippen LogP contribution in [0.5, 0.6) is 11.5 Å². The minimum atomic E-state index is -0.401. The molecule has 0 aliphatic carbocycles. The predicted molar refractivity (Wildman–Crippen MR) is 134 cm³/mol. The van der Waals surface area contributed by atoms with Crippen LogP contribution in [0.2, 0.25) is 0 Å². The number of carbonyl (C=O) groups excluding carboxylic acids is 2. The molecule has 0 bridgehead atoms. The van der Waals surface area contributed by atoms with Crippen LogP contribution in [0.3, 0.4) is 0 Å². The van der Waals surface area contributed by atoms with E-state index in [2.05, 4.69) is 5.32 Å². The summed E-state index contributed by atoms with van der Waals surface area (Å²) < 4.78 is 10.7. The van der Waals surface area contributed by atoms with Crippen LogP contribution in [0, 0.1) is 27.7 Å². The van der Waals surface area contributed by atoms with E-state index in [1.54, 1.807) is 32.4 Å². The number of nitrogens with zero attached hydrogens (tertiary/aromatic N) is 1. The largest absolute Gasteiger partial charge is 0.493 e. The number of hydrogen-bond donors (Lipinski definition) is 1. The van der Waals surface area contributed by atoms with Crippen molar-refractivity contribution in [1.29, 1.82) is 0 Å². The molecule has 1 N–H and O–H groups in total. The number of nitrogens with one attached hydrogen (secondary N) is 1. The lowest BCUT2D eigenvalue weighted by molar-refractivity contribution is -0.120. The van der Waals surface area contributed by atoms with Gasteiger partial charge in [-0.1, -0.05) is 41.5 Å². The average Bonchev–Trinajstić information content (AvgIpc) is 3.03. The van der Waals surface area contributed by atoms with Gasteiger partial charge in [-0.2, -0.15) is 0 Å². The Morgan fingerprint density at radius 3 is 1.97 bits per heavy atom. The number of aryl methyl sites for hydroxylation is 4. The lowest BCUT2D eigenvalue weighted by atomic mass is 9.97. The minimum absolute atomic E-state index is 0.226. The van der Waals surface area contributed by atoms with Gasteiger partial charge < -0.3 is 14.8 Å². The summed E-state index contributed by atoms with van der Waals surface area (Å²) in [7, 11) is 3.11. The van der Waals surface area contributed by atoms with Gasteiger partial charge >= 0.3 is 0 Å². The van der Waals surface area contributed by atoms with Crippen LogP contribution in [-0.4, -0.2) is 26.0 Å². The number of hydrogen-bond acceptors (Lipinski definition) is 5. The Morgan fingerprint density at radius 2 is 1.35 bits per heavy atom. The van der Waals surface area contributed by atoms with Gasteiger partial charge in [0.2, 0.25) is 0 Å². The summed E-state index contributed by atoms with van der Waals surface area (Å²) in [4.78, 5) is 28.8. The number of amides is 2. The first kappa shape index (κ1) is 23.1. The summed E-state index contributed by atoms with van der Waals surface area (Å²) >= 11 is 0. The summed E-state index contributed by atoms with van der Waals surface area (Å²) in [6.07, 6.45) is 0. The van der Waals surface area contributed by atoms with Gasteiger partial charge in [0.1, 0.15) is 5.70 Å². The SMILES string of the molecule is COc1ccc(NC2=C(c3ccc(C)cc3C)C(=O)N(c3ccc(C)cc3C)C2=O)cc1OC. The zero-order chi connectivity index (χ0) is 24.6. The molecule has 34 heavy (non-hydrogen) atoms. The van der Waals surface area contributed by atoms with Crippen molar-refractivity contribution in [2.24, 2.45) is 0 Å². The highest BCUT2D eigenvalue weighted by atomic mass is 16.5. The van der Waals surface area contributed by atoms with Crippen molar-refractivity contribution in [2.75, 3.05) is 24.4 Å². The van der Waals surface area contributed by atoms with Crippen LogP contribution in [0.4, 0.5) is 11.4 Å². The van der Waals surface area contributed by atoms with Gasteiger partial charge in [-0.15, -0.1) is 0 Å². The number of rotatable bonds is 6. The van der Waals surface area contributed by atoms with Crippen LogP contribution in [0.25, 0.3) is 5.57 Å². The number of anilines is 2. The molecule has 3 aromatic rings. The summed E-state index contributed by atoms with van der Waals surface area (Å²) in [5.74, 6) is 0.333. The molecule has 2 amide bonds. The number of carbonyl (C=O) groups is 2. The van der Waals surface area contributed by atoms with Crippen LogP contribution < -0.4 is 19.7 Å². The van der Waals surface area contributed by atoms with E-state index in [4.69, 9.17) is 9.47 Å². The zero-order valence-electron chi connectivity index (χ0n) is 20.3. The molecule has 6 heteroatoms. The van der Waals surface area contributed by atoms with Crippen LogP contribution >= 0.6 is 0 Å². The van der Waals surface area contributed by atoms with Crippen molar-refractivity contribution in [2.45, 2.75) is 27.7 Å². The third-order valence-electron chi connectivity index (χ3n) is 5.98. The van der Waals surface area contributed by atoms with E-state index < -0.39 is 5.91 Å². The third kappa shape index (κ3) is 4.03. The molecule has 4 rings (SSSR count). The summed E-state index contributed by atoms with van der Waals surface area (Å²) in [5.41, 5.74) is 6.40. The quantitative estimate of drug-likeness (QED) is 0.508. The average molecular weight is 457 g/mol. The molecule has 6 nitrogen and oxygen atoms in total. The fourth-order valence-corrected chi connectivity index (χ4v) is 4.32. The fraction of sp³-hybridized carbons (Fsp3) is 0.214. The minimum Gasteiger partial charge on any atom is -0.493 e. The Bertz CT molecular complexity index is 1340.